The molecule has 0 aliphatic heterocycles. The Hall–Kier alpha value is -2.13. The number of benzene rings is 2. The summed E-state index contributed by atoms with van der Waals surface area (Å²) in [6.07, 6.45) is 0. The van der Waals surface area contributed by atoms with Crippen LogP contribution in [0.2, 0.25) is 0 Å². The Morgan fingerprint density at radius 2 is 1.85 bits per heavy atom. The lowest BCUT2D eigenvalue weighted by Gasteiger charge is -2.11. The highest BCUT2D eigenvalue weighted by Gasteiger charge is 2.12. The van der Waals surface area contributed by atoms with Crippen LogP contribution < -0.4 is 4.74 Å². The van der Waals surface area contributed by atoms with Crippen molar-refractivity contribution in [1.29, 1.82) is 0 Å². The molecule has 0 atom stereocenters. The molecule has 2 aromatic rings. The van der Waals surface area contributed by atoms with Crippen molar-refractivity contribution >= 4 is 5.78 Å². The summed E-state index contributed by atoms with van der Waals surface area (Å²) in [4.78, 5) is 12.0. The van der Waals surface area contributed by atoms with Gasteiger partial charge in [0.1, 0.15) is 19.0 Å². The fourth-order valence-corrected chi connectivity index (χ4v) is 1.93. The number of hydrogen-bond donors (Lipinski definition) is 0. The number of ketones is 1. The molecule has 0 heterocycles. The second kappa shape index (κ2) is 6.87. The van der Waals surface area contributed by atoms with E-state index >= 15 is 0 Å². The molecule has 0 aromatic heterocycles. The average molecular weight is 270 g/mol. The number of carbonyl (C=O) groups excluding carboxylic acids is 1. The van der Waals surface area contributed by atoms with E-state index in [2.05, 4.69) is 0 Å². The number of Topliss-reactive ketones (excluding diaryl/α,β-unsaturated/α-hetero) is 1. The van der Waals surface area contributed by atoms with Crippen molar-refractivity contribution in [2.45, 2.75) is 13.5 Å². The molecule has 0 bridgehead atoms. The lowest BCUT2D eigenvalue weighted by molar-refractivity contribution is 0.0843. The van der Waals surface area contributed by atoms with E-state index < -0.39 is 0 Å². The highest BCUT2D eigenvalue weighted by molar-refractivity contribution is 5.99. The zero-order chi connectivity index (χ0) is 14.4. The van der Waals surface area contributed by atoms with E-state index in [9.17, 15) is 4.79 Å². The number of aryl methyl sites for hydroxylation is 1. The minimum Gasteiger partial charge on any atom is -0.488 e. The first-order valence-corrected chi connectivity index (χ1v) is 6.50. The number of methoxy groups -OCH3 is 1. The quantitative estimate of drug-likeness (QED) is 0.755. The van der Waals surface area contributed by atoms with E-state index in [0.29, 0.717) is 17.9 Å². The number of hydrogen-bond acceptors (Lipinski definition) is 3. The first kappa shape index (κ1) is 14.3. The van der Waals surface area contributed by atoms with Crippen LogP contribution in [0.1, 0.15) is 21.5 Å². The third-order valence-electron chi connectivity index (χ3n) is 2.95. The molecular weight excluding hydrogens is 252 g/mol. The molecule has 104 valence electrons. The van der Waals surface area contributed by atoms with Crippen LogP contribution in [0.25, 0.3) is 0 Å². The summed E-state index contributed by atoms with van der Waals surface area (Å²) in [6.45, 7) is 2.45. The molecule has 3 nitrogen and oxygen atoms in total. The van der Waals surface area contributed by atoms with Crippen molar-refractivity contribution in [3.05, 3.63) is 65.2 Å². The number of carbonyl (C=O) groups is 1. The van der Waals surface area contributed by atoms with Gasteiger partial charge in [-0.2, -0.15) is 0 Å². The Bertz CT molecular complexity index is 576. The van der Waals surface area contributed by atoms with Gasteiger partial charge in [-0.15, -0.1) is 0 Å². The normalized spacial score (nSPS) is 10.3. The molecule has 0 radical (unpaired) electrons. The summed E-state index contributed by atoms with van der Waals surface area (Å²) in [5, 5.41) is 0. The summed E-state index contributed by atoms with van der Waals surface area (Å²) in [5.74, 6) is 0.528. The Balaban J connectivity index is 2.16. The highest BCUT2D eigenvalue weighted by atomic mass is 16.5. The monoisotopic (exact) mass is 270 g/mol. The molecule has 0 saturated heterocycles. The van der Waals surface area contributed by atoms with Crippen molar-refractivity contribution in [2.24, 2.45) is 0 Å². The standard InChI is InChI=1S/C17H18O3/c1-13-8-9-17(15(10-13)16(18)12-19-2)20-11-14-6-4-3-5-7-14/h3-10H,11-12H2,1-2H3. The maximum atomic E-state index is 12.0. The largest absolute Gasteiger partial charge is 0.488 e. The zero-order valence-corrected chi connectivity index (χ0v) is 11.8. The van der Waals surface area contributed by atoms with Crippen LogP contribution in [0, 0.1) is 6.92 Å². The molecular formula is C17H18O3. The second-order valence-corrected chi connectivity index (χ2v) is 4.63. The molecule has 0 saturated carbocycles. The zero-order valence-electron chi connectivity index (χ0n) is 11.8. The summed E-state index contributed by atoms with van der Waals surface area (Å²) in [6, 6.07) is 15.5. The Labute approximate surface area is 119 Å². The van der Waals surface area contributed by atoms with Gasteiger partial charge in [0.25, 0.3) is 0 Å². The van der Waals surface area contributed by atoms with Gasteiger partial charge in [0, 0.05) is 7.11 Å². The summed E-state index contributed by atoms with van der Waals surface area (Å²) in [7, 11) is 1.51. The van der Waals surface area contributed by atoms with E-state index in [0.717, 1.165) is 11.1 Å². The van der Waals surface area contributed by atoms with Gasteiger partial charge in [-0.3, -0.25) is 4.79 Å². The van der Waals surface area contributed by atoms with Crippen molar-refractivity contribution in [2.75, 3.05) is 13.7 Å². The smallest absolute Gasteiger partial charge is 0.192 e. The fraction of sp³-hybridized carbons (Fsp3) is 0.235. The summed E-state index contributed by atoms with van der Waals surface area (Å²) >= 11 is 0. The molecule has 0 N–H and O–H groups in total. The van der Waals surface area contributed by atoms with Crippen LogP contribution in [0.5, 0.6) is 5.75 Å². The van der Waals surface area contributed by atoms with Gasteiger partial charge in [-0.1, -0.05) is 42.0 Å². The van der Waals surface area contributed by atoms with Gasteiger partial charge >= 0.3 is 0 Å². The first-order valence-electron chi connectivity index (χ1n) is 6.50. The molecule has 2 aromatic carbocycles. The SMILES string of the molecule is COCC(=O)c1cc(C)ccc1OCc1ccccc1. The maximum absolute atomic E-state index is 12.0. The lowest BCUT2D eigenvalue weighted by Crippen LogP contribution is -2.10. The van der Waals surface area contributed by atoms with Crippen LogP contribution in [0.4, 0.5) is 0 Å². The Morgan fingerprint density at radius 1 is 1.10 bits per heavy atom. The molecule has 0 spiro atoms. The van der Waals surface area contributed by atoms with Crippen molar-refractivity contribution in [1.82, 2.24) is 0 Å². The van der Waals surface area contributed by atoms with Gasteiger partial charge in [0.15, 0.2) is 5.78 Å². The van der Waals surface area contributed by atoms with E-state index in [-0.39, 0.29) is 12.4 Å². The van der Waals surface area contributed by atoms with Crippen molar-refractivity contribution in [3.63, 3.8) is 0 Å². The van der Waals surface area contributed by atoms with Gasteiger partial charge in [-0.05, 0) is 24.6 Å². The molecule has 2 rings (SSSR count). The molecule has 0 unspecified atom stereocenters. The van der Waals surface area contributed by atoms with Crippen LogP contribution in [0.3, 0.4) is 0 Å². The van der Waals surface area contributed by atoms with Crippen LogP contribution in [-0.4, -0.2) is 19.5 Å². The van der Waals surface area contributed by atoms with E-state index in [4.69, 9.17) is 9.47 Å². The van der Waals surface area contributed by atoms with Crippen LogP contribution in [0.15, 0.2) is 48.5 Å². The second-order valence-electron chi connectivity index (χ2n) is 4.63. The van der Waals surface area contributed by atoms with Crippen molar-refractivity contribution < 1.29 is 14.3 Å². The minimum atomic E-state index is -0.0701. The molecule has 3 heteroatoms. The third kappa shape index (κ3) is 3.68. The molecule has 0 aliphatic rings. The van der Waals surface area contributed by atoms with Crippen LogP contribution in [-0.2, 0) is 11.3 Å². The average Bonchev–Trinajstić information content (AvgIpc) is 2.47. The Morgan fingerprint density at radius 3 is 2.55 bits per heavy atom. The van der Waals surface area contributed by atoms with Gasteiger partial charge in [-0.25, -0.2) is 0 Å². The van der Waals surface area contributed by atoms with E-state index in [1.807, 2.05) is 55.5 Å². The van der Waals surface area contributed by atoms with Crippen LogP contribution >= 0.6 is 0 Å². The number of rotatable bonds is 6. The summed E-state index contributed by atoms with van der Waals surface area (Å²) in [5.41, 5.74) is 2.66. The fourth-order valence-electron chi connectivity index (χ4n) is 1.93. The van der Waals surface area contributed by atoms with E-state index in [1.54, 1.807) is 0 Å². The third-order valence-corrected chi connectivity index (χ3v) is 2.95. The Kier molecular flexibility index (Phi) is 4.91. The topological polar surface area (TPSA) is 35.5 Å². The molecule has 0 aliphatic carbocycles. The van der Waals surface area contributed by atoms with Gasteiger partial charge in [0.2, 0.25) is 0 Å². The van der Waals surface area contributed by atoms with Gasteiger partial charge < -0.3 is 9.47 Å². The number of ether oxygens (including phenoxy) is 2. The predicted molar refractivity (Wildman–Crippen MR) is 78.2 cm³/mol. The maximum Gasteiger partial charge on any atom is 0.192 e. The minimum absolute atomic E-state index is 0.0607. The molecule has 0 fully saturated rings. The van der Waals surface area contributed by atoms with Crippen molar-refractivity contribution in [3.8, 4) is 5.75 Å². The van der Waals surface area contributed by atoms with E-state index in [1.165, 1.54) is 7.11 Å². The summed E-state index contributed by atoms with van der Waals surface area (Å²) < 4.78 is 10.7. The first-order chi connectivity index (χ1) is 9.70. The molecule has 20 heavy (non-hydrogen) atoms. The lowest BCUT2D eigenvalue weighted by atomic mass is 10.1. The predicted octanol–water partition coefficient (Wildman–Crippen LogP) is 3.40. The highest BCUT2D eigenvalue weighted by Crippen LogP contribution is 2.22. The molecule has 0 amide bonds. The van der Waals surface area contributed by atoms with Gasteiger partial charge in [0.05, 0.1) is 5.56 Å².